The molecule has 7 heteroatoms. The summed E-state index contributed by atoms with van der Waals surface area (Å²) in [6.07, 6.45) is 2.36. The number of carbonyl (C=O) groups excluding carboxylic acids is 1. The molecule has 1 aromatic rings. The number of hydrogen-bond donors (Lipinski definition) is 1. The Kier molecular flexibility index (Phi) is 5.27. The van der Waals surface area contributed by atoms with E-state index in [-0.39, 0.29) is 11.3 Å². The smallest absolute Gasteiger partial charge is 0.237 e. The molecule has 1 saturated heterocycles. The van der Waals surface area contributed by atoms with Gasteiger partial charge in [-0.3, -0.25) is 10.1 Å². The highest BCUT2D eigenvalue weighted by molar-refractivity contribution is 8.23. The Morgan fingerprint density at radius 2 is 2.14 bits per heavy atom. The number of likely N-dealkylation sites (tertiary alicyclic amines) is 1. The van der Waals surface area contributed by atoms with E-state index in [9.17, 15) is 4.79 Å². The fourth-order valence-corrected chi connectivity index (χ4v) is 3.03. The molecule has 0 spiro atoms. The average molecular weight is 327 g/mol. The van der Waals surface area contributed by atoms with E-state index in [1.807, 2.05) is 20.8 Å². The van der Waals surface area contributed by atoms with Crippen LogP contribution in [0.1, 0.15) is 39.3 Å². The van der Waals surface area contributed by atoms with Gasteiger partial charge in [-0.1, -0.05) is 49.9 Å². The summed E-state index contributed by atoms with van der Waals surface area (Å²) in [5, 5.41) is 6.68. The molecule has 1 aromatic heterocycles. The number of carbonyl (C=O) groups is 1. The van der Waals surface area contributed by atoms with Gasteiger partial charge < -0.3 is 9.42 Å². The SMILES string of the molecule is CC(C)(C)c1cc(NC(=O)CSC(=S)N2CCCC2)on1. The van der Waals surface area contributed by atoms with E-state index < -0.39 is 0 Å². The van der Waals surface area contributed by atoms with Crippen LogP contribution in [0.5, 0.6) is 0 Å². The third-order valence-corrected chi connectivity index (χ3v) is 4.76. The lowest BCUT2D eigenvalue weighted by atomic mass is 9.92. The predicted molar refractivity (Wildman–Crippen MR) is 89.7 cm³/mol. The third-order valence-electron chi connectivity index (χ3n) is 3.23. The van der Waals surface area contributed by atoms with Crippen LogP contribution >= 0.6 is 24.0 Å². The maximum absolute atomic E-state index is 11.9. The first-order valence-corrected chi connectivity index (χ1v) is 8.44. The van der Waals surface area contributed by atoms with E-state index in [0.717, 1.165) is 23.1 Å². The van der Waals surface area contributed by atoms with Crippen molar-refractivity contribution in [2.24, 2.45) is 0 Å². The van der Waals surface area contributed by atoms with Gasteiger partial charge in [0.2, 0.25) is 11.8 Å². The number of anilines is 1. The second-order valence-electron chi connectivity index (χ2n) is 6.12. The molecule has 2 rings (SSSR count). The van der Waals surface area contributed by atoms with Crippen molar-refractivity contribution in [1.29, 1.82) is 0 Å². The van der Waals surface area contributed by atoms with Gasteiger partial charge in [-0.25, -0.2) is 0 Å². The Labute approximate surface area is 134 Å². The molecule has 5 nitrogen and oxygen atoms in total. The lowest BCUT2D eigenvalue weighted by molar-refractivity contribution is -0.113. The zero-order valence-electron chi connectivity index (χ0n) is 12.6. The summed E-state index contributed by atoms with van der Waals surface area (Å²) < 4.78 is 5.94. The molecule has 0 radical (unpaired) electrons. The molecule has 1 amide bonds. The number of nitrogens with one attached hydrogen (secondary N) is 1. The van der Waals surface area contributed by atoms with Crippen molar-refractivity contribution in [3.8, 4) is 0 Å². The Hall–Kier alpha value is -1.08. The van der Waals surface area contributed by atoms with Crippen molar-refractivity contribution >= 4 is 40.1 Å². The summed E-state index contributed by atoms with van der Waals surface area (Å²) >= 11 is 6.72. The molecular formula is C14H21N3O2S2. The molecular weight excluding hydrogens is 306 g/mol. The van der Waals surface area contributed by atoms with Crippen molar-refractivity contribution in [1.82, 2.24) is 10.1 Å². The van der Waals surface area contributed by atoms with Crippen LogP contribution in [-0.4, -0.2) is 39.1 Å². The minimum atomic E-state index is -0.127. The van der Waals surface area contributed by atoms with Crippen molar-refractivity contribution in [2.75, 3.05) is 24.2 Å². The summed E-state index contributed by atoms with van der Waals surface area (Å²) in [7, 11) is 0. The number of thiocarbonyl (C=S) groups is 1. The fourth-order valence-electron chi connectivity index (χ4n) is 1.98. The first kappa shape index (κ1) is 16.3. The van der Waals surface area contributed by atoms with E-state index in [0.29, 0.717) is 11.6 Å². The standard InChI is InChI=1S/C14H21N3O2S2/c1-14(2,3)10-8-12(19-16-10)15-11(18)9-21-13(20)17-6-4-5-7-17/h8H,4-7,9H2,1-3H3,(H,15,18). The van der Waals surface area contributed by atoms with Gasteiger partial charge in [0, 0.05) is 24.6 Å². The molecule has 0 unspecified atom stereocenters. The summed E-state index contributed by atoms with van der Waals surface area (Å²) in [5.41, 5.74) is 0.719. The monoisotopic (exact) mass is 327 g/mol. The van der Waals surface area contributed by atoms with Gasteiger partial charge in [0.15, 0.2) is 0 Å². The summed E-state index contributed by atoms with van der Waals surface area (Å²) in [6, 6.07) is 1.77. The van der Waals surface area contributed by atoms with Crippen LogP contribution in [0.25, 0.3) is 0 Å². The largest absolute Gasteiger partial charge is 0.358 e. The first-order valence-electron chi connectivity index (χ1n) is 7.05. The normalized spacial score (nSPS) is 15.3. The van der Waals surface area contributed by atoms with E-state index in [1.54, 1.807) is 6.07 Å². The van der Waals surface area contributed by atoms with Crippen molar-refractivity contribution in [2.45, 2.75) is 39.0 Å². The number of hydrogen-bond acceptors (Lipinski definition) is 5. The molecule has 0 bridgehead atoms. The highest BCUT2D eigenvalue weighted by atomic mass is 32.2. The number of aromatic nitrogens is 1. The van der Waals surface area contributed by atoms with Gasteiger partial charge in [-0.15, -0.1) is 0 Å². The lowest BCUT2D eigenvalue weighted by Crippen LogP contribution is -2.25. The highest BCUT2D eigenvalue weighted by Crippen LogP contribution is 2.24. The molecule has 1 N–H and O–H groups in total. The van der Waals surface area contributed by atoms with Crippen LogP contribution in [0.2, 0.25) is 0 Å². The van der Waals surface area contributed by atoms with Gasteiger partial charge in [0.05, 0.1) is 11.4 Å². The predicted octanol–water partition coefficient (Wildman–Crippen LogP) is 3.02. The van der Waals surface area contributed by atoms with Gasteiger partial charge in [-0.05, 0) is 12.8 Å². The van der Waals surface area contributed by atoms with Crippen LogP contribution in [0.3, 0.4) is 0 Å². The Bertz CT molecular complexity index is 517. The third kappa shape index (κ3) is 4.71. The molecule has 0 aromatic carbocycles. The molecule has 2 heterocycles. The topological polar surface area (TPSA) is 58.4 Å². The Morgan fingerprint density at radius 3 is 2.71 bits per heavy atom. The second kappa shape index (κ2) is 6.79. The molecule has 0 aliphatic carbocycles. The van der Waals surface area contributed by atoms with Crippen molar-refractivity contribution in [3.63, 3.8) is 0 Å². The zero-order valence-corrected chi connectivity index (χ0v) is 14.3. The quantitative estimate of drug-likeness (QED) is 0.861. The van der Waals surface area contributed by atoms with Gasteiger partial charge in [0.25, 0.3) is 0 Å². The number of nitrogens with zero attached hydrogens (tertiary/aromatic N) is 2. The minimum Gasteiger partial charge on any atom is -0.358 e. The van der Waals surface area contributed by atoms with Crippen molar-refractivity contribution in [3.05, 3.63) is 11.8 Å². The zero-order chi connectivity index (χ0) is 15.5. The highest BCUT2D eigenvalue weighted by Gasteiger charge is 2.20. The molecule has 0 saturated carbocycles. The number of amides is 1. The second-order valence-corrected chi connectivity index (χ2v) is 7.73. The van der Waals surface area contributed by atoms with Crippen LogP contribution in [0, 0.1) is 0 Å². The average Bonchev–Trinajstić information content (AvgIpc) is 3.05. The van der Waals surface area contributed by atoms with E-state index in [4.69, 9.17) is 16.7 Å². The maximum atomic E-state index is 11.9. The molecule has 1 aliphatic rings. The van der Waals surface area contributed by atoms with Crippen molar-refractivity contribution < 1.29 is 9.32 Å². The Balaban J connectivity index is 1.79. The molecule has 0 atom stereocenters. The van der Waals surface area contributed by atoms with Crippen LogP contribution in [0.4, 0.5) is 5.88 Å². The first-order chi connectivity index (χ1) is 9.86. The fraction of sp³-hybridized carbons (Fsp3) is 0.643. The van der Waals surface area contributed by atoms with Gasteiger partial charge in [-0.2, -0.15) is 0 Å². The van der Waals surface area contributed by atoms with Crippen LogP contribution in [0.15, 0.2) is 10.6 Å². The summed E-state index contributed by atoms with van der Waals surface area (Å²) in [6.45, 7) is 8.14. The molecule has 1 fully saturated rings. The Morgan fingerprint density at radius 1 is 1.48 bits per heavy atom. The van der Waals surface area contributed by atoms with Crippen LogP contribution < -0.4 is 5.32 Å². The minimum absolute atomic E-state index is 0.0987. The number of thioether (sulfide) groups is 1. The van der Waals surface area contributed by atoms with E-state index in [2.05, 4.69) is 15.4 Å². The summed E-state index contributed by atoms with van der Waals surface area (Å²) in [5.74, 6) is 0.553. The lowest BCUT2D eigenvalue weighted by Gasteiger charge is -2.17. The van der Waals surface area contributed by atoms with Gasteiger partial charge >= 0.3 is 0 Å². The molecule has 21 heavy (non-hydrogen) atoms. The van der Waals surface area contributed by atoms with E-state index >= 15 is 0 Å². The number of rotatable bonds is 3. The molecule has 1 aliphatic heterocycles. The van der Waals surface area contributed by atoms with Crippen LogP contribution in [-0.2, 0) is 10.2 Å². The molecule has 116 valence electrons. The van der Waals surface area contributed by atoms with Gasteiger partial charge in [0.1, 0.15) is 4.32 Å². The van der Waals surface area contributed by atoms with E-state index in [1.165, 1.54) is 24.6 Å². The summed E-state index contributed by atoms with van der Waals surface area (Å²) in [4.78, 5) is 14.0. The maximum Gasteiger partial charge on any atom is 0.237 e.